The molecule has 0 amide bonds. The minimum atomic E-state index is -3.65. The Kier molecular flexibility index (Phi) is 3.50. The van der Waals surface area contributed by atoms with Crippen LogP contribution in [0.5, 0.6) is 0 Å². The van der Waals surface area contributed by atoms with E-state index in [1.165, 1.54) is 10.9 Å². The minimum Gasteiger partial charge on any atom is -0.384 e. The second-order valence-electron chi connectivity index (χ2n) is 3.05. The van der Waals surface area contributed by atoms with Gasteiger partial charge in [0.1, 0.15) is 11.7 Å². The molecule has 8 nitrogen and oxygen atoms in total. The molecule has 0 saturated heterocycles. The Morgan fingerprint density at radius 1 is 1.69 bits per heavy atom. The summed E-state index contributed by atoms with van der Waals surface area (Å²) in [6, 6.07) is 0. The molecular formula is C7H14N6O2S. The van der Waals surface area contributed by atoms with E-state index in [4.69, 9.17) is 11.1 Å². The summed E-state index contributed by atoms with van der Waals surface area (Å²) < 4.78 is 28.7. The topological polar surface area (TPSA) is 126 Å². The Morgan fingerprint density at radius 3 is 2.81 bits per heavy atom. The number of hydrogen-bond donors (Lipinski definition) is 4. The van der Waals surface area contributed by atoms with E-state index in [9.17, 15) is 8.42 Å². The quantitative estimate of drug-likeness (QED) is 0.391. The molecule has 1 heterocycles. The van der Waals surface area contributed by atoms with Gasteiger partial charge < -0.3 is 5.73 Å². The first-order valence-electron chi connectivity index (χ1n) is 4.51. The lowest BCUT2D eigenvalue weighted by molar-refractivity contribution is 0.588. The van der Waals surface area contributed by atoms with Crippen LogP contribution in [-0.4, -0.2) is 30.6 Å². The van der Waals surface area contributed by atoms with Crippen LogP contribution in [0.2, 0.25) is 0 Å². The lowest BCUT2D eigenvalue weighted by atomic mass is 10.3. The van der Waals surface area contributed by atoms with Crippen LogP contribution in [0.15, 0.2) is 6.20 Å². The van der Waals surface area contributed by atoms with E-state index in [-0.39, 0.29) is 23.8 Å². The van der Waals surface area contributed by atoms with Gasteiger partial charge in [-0.2, -0.15) is 18.2 Å². The van der Waals surface area contributed by atoms with E-state index in [1.54, 1.807) is 14.0 Å². The highest BCUT2D eigenvalue weighted by Gasteiger charge is 2.16. The average Bonchev–Trinajstić information content (AvgIpc) is 2.47. The van der Waals surface area contributed by atoms with E-state index in [0.29, 0.717) is 0 Å². The van der Waals surface area contributed by atoms with Gasteiger partial charge in [-0.05, 0) is 0 Å². The zero-order valence-electron chi connectivity index (χ0n) is 8.98. The van der Waals surface area contributed by atoms with Crippen LogP contribution < -0.4 is 15.2 Å². The van der Waals surface area contributed by atoms with E-state index in [2.05, 4.69) is 14.5 Å². The molecule has 0 atom stereocenters. The summed E-state index contributed by atoms with van der Waals surface area (Å²) in [5.41, 5.74) is 5.54. The molecule has 16 heavy (non-hydrogen) atoms. The predicted molar refractivity (Wildman–Crippen MR) is 60.4 cm³/mol. The van der Waals surface area contributed by atoms with E-state index in [0.717, 1.165) is 0 Å². The van der Waals surface area contributed by atoms with Crippen molar-refractivity contribution in [2.24, 2.45) is 12.8 Å². The second-order valence-corrected chi connectivity index (χ2v) is 4.55. The van der Waals surface area contributed by atoms with Gasteiger partial charge in [-0.25, -0.2) is 0 Å². The number of nitrogen functional groups attached to an aromatic ring is 1. The van der Waals surface area contributed by atoms with Crippen molar-refractivity contribution < 1.29 is 8.42 Å². The highest BCUT2D eigenvalue weighted by atomic mass is 32.2. The Morgan fingerprint density at radius 2 is 2.31 bits per heavy atom. The smallest absolute Gasteiger partial charge is 0.300 e. The summed E-state index contributed by atoms with van der Waals surface area (Å²) in [4.78, 5) is 0. The molecule has 0 aliphatic carbocycles. The van der Waals surface area contributed by atoms with Gasteiger partial charge in [-0.15, -0.1) is 0 Å². The van der Waals surface area contributed by atoms with E-state index < -0.39 is 10.2 Å². The molecular weight excluding hydrogens is 232 g/mol. The van der Waals surface area contributed by atoms with Gasteiger partial charge in [0.25, 0.3) is 10.2 Å². The third-order valence-electron chi connectivity index (χ3n) is 1.79. The zero-order chi connectivity index (χ0) is 12.3. The zero-order valence-corrected chi connectivity index (χ0v) is 9.80. The molecule has 0 saturated carbocycles. The first kappa shape index (κ1) is 12.5. The number of nitrogens with two attached hydrogens (primary N) is 1. The number of aromatic nitrogens is 2. The molecule has 9 heteroatoms. The molecule has 1 aromatic heterocycles. The largest absolute Gasteiger partial charge is 0.384 e. The van der Waals surface area contributed by atoms with Crippen LogP contribution in [-0.2, 0) is 17.3 Å². The molecule has 0 spiro atoms. The van der Waals surface area contributed by atoms with Gasteiger partial charge in [-0.3, -0.25) is 14.8 Å². The van der Waals surface area contributed by atoms with Crippen molar-refractivity contribution in [2.45, 2.75) is 6.92 Å². The molecule has 5 N–H and O–H groups in total. The van der Waals surface area contributed by atoms with Crippen molar-refractivity contribution in [3.8, 4) is 0 Å². The maximum Gasteiger partial charge on any atom is 0.300 e. The lowest BCUT2D eigenvalue weighted by Gasteiger charge is -2.09. The molecule has 0 fully saturated rings. The van der Waals surface area contributed by atoms with Crippen LogP contribution in [0.4, 0.5) is 5.82 Å². The molecule has 0 aromatic carbocycles. The van der Waals surface area contributed by atoms with Gasteiger partial charge >= 0.3 is 0 Å². The summed E-state index contributed by atoms with van der Waals surface area (Å²) in [6.45, 7) is 1.93. The summed E-state index contributed by atoms with van der Waals surface area (Å²) in [6.07, 6.45) is 1.33. The average molecular weight is 246 g/mol. The van der Waals surface area contributed by atoms with Crippen molar-refractivity contribution in [1.82, 2.24) is 14.5 Å². The maximum absolute atomic E-state index is 11.5. The SMILES string of the molecule is CCNS(=O)(=O)Nc1c(C(=N)N)cnn1C. The fourth-order valence-corrected chi connectivity index (χ4v) is 2.06. The van der Waals surface area contributed by atoms with Crippen molar-refractivity contribution in [3.63, 3.8) is 0 Å². The van der Waals surface area contributed by atoms with Crippen LogP contribution in [0.25, 0.3) is 0 Å². The standard InChI is InChI=1S/C7H14N6O2S/c1-3-11-16(14,15)12-7-5(6(8)9)4-10-13(7)2/h4,11-12H,3H2,1-2H3,(H3,8,9). The highest BCUT2D eigenvalue weighted by molar-refractivity contribution is 7.90. The first-order valence-corrected chi connectivity index (χ1v) is 5.99. The van der Waals surface area contributed by atoms with Crippen molar-refractivity contribution in [3.05, 3.63) is 11.8 Å². The minimum absolute atomic E-state index is 0.161. The summed E-state index contributed by atoms with van der Waals surface area (Å²) in [7, 11) is -2.09. The second kappa shape index (κ2) is 4.49. The third-order valence-corrected chi connectivity index (χ3v) is 2.93. The maximum atomic E-state index is 11.5. The van der Waals surface area contributed by atoms with Crippen molar-refractivity contribution in [1.29, 1.82) is 5.41 Å². The number of rotatable bonds is 5. The van der Waals surface area contributed by atoms with Crippen LogP contribution in [0.1, 0.15) is 12.5 Å². The number of hydrogen-bond acceptors (Lipinski definition) is 4. The molecule has 90 valence electrons. The lowest BCUT2D eigenvalue weighted by Crippen LogP contribution is -2.31. The van der Waals surface area contributed by atoms with Gasteiger partial charge in [-0.1, -0.05) is 6.92 Å². The van der Waals surface area contributed by atoms with E-state index >= 15 is 0 Å². The Hall–Kier alpha value is -1.61. The fourth-order valence-electron chi connectivity index (χ4n) is 1.11. The Bertz CT molecular complexity index is 491. The number of amidine groups is 1. The fraction of sp³-hybridized carbons (Fsp3) is 0.429. The summed E-state index contributed by atoms with van der Waals surface area (Å²) in [5.74, 6) is -0.0873. The molecule has 1 rings (SSSR count). The van der Waals surface area contributed by atoms with E-state index in [1.807, 2.05) is 0 Å². The predicted octanol–water partition coefficient (Wildman–Crippen LogP) is -1.03. The first-order chi connectivity index (χ1) is 7.37. The molecule has 0 aliphatic rings. The summed E-state index contributed by atoms with van der Waals surface area (Å²) >= 11 is 0. The molecule has 0 aliphatic heterocycles. The molecule has 1 aromatic rings. The molecule has 0 unspecified atom stereocenters. The number of anilines is 1. The van der Waals surface area contributed by atoms with Gasteiger partial charge in [0.05, 0.1) is 11.8 Å². The molecule has 0 radical (unpaired) electrons. The number of aryl methyl sites for hydroxylation is 1. The Labute approximate surface area is 93.5 Å². The van der Waals surface area contributed by atoms with Crippen LogP contribution in [0, 0.1) is 5.41 Å². The Balaban J connectivity index is 3.05. The van der Waals surface area contributed by atoms with Crippen molar-refractivity contribution >= 4 is 21.9 Å². The summed E-state index contributed by atoms with van der Waals surface area (Å²) in [5, 5.41) is 11.1. The van der Waals surface area contributed by atoms with Gasteiger partial charge in [0, 0.05) is 13.6 Å². The molecule has 0 bridgehead atoms. The van der Waals surface area contributed by atoms with Crippen molar-refractivity contribution in [2.75, 3.05) is 11.3 Å². The normalized spacial score (nSPS) is 11.4. The van der Waals surface area contributed by atoms with Crippen LogP contribution >= 0.6 is 0 Å². The number of nitrogens with one attached hydrogen (secondary N) is 3. The third kappa shape index (κ3) is 2.70. The van der Waals surface area contributed by atoms with Gasteiger partial charge in [0.15, 0.2) is 0 Å². The monoisotopic (exact) mass is 246 g/mol. The highest BCUT2D eigenvalue weighted by Crippen LogP contribution is 2.14. The number of nitrogens with zero attached hydrogens (tertiary/aromatic N) is 2. The van der Waals surface area contributed by atoms with Crippen LogP contribution in [0.3, 0.4) is 0 Å². The van der Waals surface area contributed by atoms with Gasteiger partial charge in [0.2, 0.25) is 0 Å².